The largest absolute Gasteiger partial charge is 0.481 e. The quantitative estimate of drug-likeness (QED) is 0.326. The Hall–Kier alpha value is -3.15. The zero-order valence-electron chi connectivity index (χ0n) is 21.1. The smallest absolute Gasteiger partial charge is 0.390 e. The summed E-state index contributed by atoms with van der Waals surface area (Å²) in [5.74, 6) is 1.64. The fourth-order valence-corrected chi connectivity index (χ4v) is 4.64. The van der Waals surface area contributed by atoms with E-state index in [0.717, 1.165) is 0 Å². The first-order chi connectivity index (χ1) is 17.4. The van der Waals surface area contributed by atoms with E-state index in [9.17, 15) is 18.3 Å². The Kier molecular flexibility index (Phi) is 7.24. The maximum Gasteiger partial charge on any atom is 0.390 e. The molecule has 8 nitrogen and oxygen atoms in total. The number of hydrogen-bond donors (Lipinski definition) is 2. The second-order valence-electron chi connectivity index (χ2n) is 8.90. The maximum absolute atomic E-state index is 12.6. The molecule has 0 fully saturated rings. The van der Waals surface area contributed by atoms with Crippen molar-refractivity contribution in [3.8, 4) is 5.88 Å². The van der Waals surface area contributed by atoms with Gasteiger partial charge >= 0.3 is 6.18 Å². The van der Waals surface area contributed by atoms with E-state index in [1.165, 1.54) is 7.11 Å². The Morgan fingerprint density at radius 3 is 2.14 bits per heavy atom. The molecule has 4 aromatic rings. The van der Waals surface area contributed by atoms with Crippen LogP contribution in [0.25, 0.3) is 10.9 Å². The van der Waals surface area contributed by atoms with E-state index >= 15 is 0 Å². The summed E-state index contributed by atoms with van der Waals surface area (Å²) >= 11 is 6.78. The molecule has 12 heteroatoms. The summed E-state index contributed by atoms with van der Waals surface area (Å²) in [6.07, 6.45) is -2.01. The third-order valence-electron chi connectivity index (χ3n) is 6.66. The Labute approximate surface area is 217 Å². The Balaban J connectivity index is 1.86. The van der Waals surface area contributed by atoms with Gasteiger partial charge in [-0.15, -0.1) is 0 Å². The molecule has 0 amide bonds. The number of halogens is 4. The lowest BCUT2D eigenvalue weighted by Gasteiger charge is -2.30. The van der Waals surface area contributed by atoms with Crippen LogP contribution in [-0.2, 0) is 26.2 Å². The van der Waals surface area contributed by atoms with Gasteiger partial charge in [-0.3, -0.25) is 0 Å². The van der Waals surface area contributed by atoms with Crippen LogP contribution in [0.3, 0.4) is 0 Å². The first kappa shape index (κ1) is 26.9. The summed E-state index contributed by atoms with van der Waals surface area (Å²) in [6, 6.07) is 5.20. The third-order valence-corrected chi connectivity index (χ3v) is 7.09. The van der Waals surface area contributed by atoms with Crippen LogP contribution in [0.2, 0.25) is 5.02 Å². The van der Waals surface area contributed by atoms with Crippen molar-refractivity contribution in [2.45, 2.75) is 38.6 Å². The van der Waals surface area contributed by atoms with E-state index in [1.807, 2.05) is 27.9 Å². The van der Waals surface area contributed by atoms with E-state index in [1.54, 1.807) is 39.7 Å². The van der Waals surface area contributed by atoms with E-state index in [0.29, 0.717) is 45.1 Å². The van der Waals surface area contributed by atoms with Gasteiger partial charge in [-0.25, -0.2) is 15.0 Å². The van der Waals surface area contributed by atoms with Gasteiger partial charge in [-0.2, -0.15) is 13.2 Å². The number of aromatic nitrogens is 5. The second kappa shape index (κ2) is 9.96. The van der Waals surface area contributed by atoms with Crippen LogP contribution < -0.4 is 10.1 Å². The molecule has 0 bridgehead atoms. The van der Waals surface area contributed by atoms with Crippen molar-refractivity contribution in [2.24, 2.45) is 14.1 Å². The summed E-state index contributed by atoms with van der Waals surface area (Å²) < 4.78 is 46.7. The molecule has 3 heterocycles. The molecule has 3 aromatic heterocycles. The van der Waals surface area contributed by atoms with E-state index in [2.05, 4.69) is 20.3 Å². The van der Waals surface area contributed by atoms with Gasteiger partial charge in [0.05, 0.1) is 47.9 Å². The van der Waals surface area contributed by atoms with Gasteiger partial charge in [0.25, 0.3) is 0 Å². The van der Waals surface area contributed by atoms with Gasteiger partial charge in [0.15, 0.2) is 5.60 Å². The molecule has 2 N–H and O–H groups in total. The minimum Gasteiger partial charge on any atom is -0.481 e. The summed E-state index contributed by atoms with van der Waals surface area (Å²) in [5.41, 5.74) is 0.838. The Bertz CT molecular complexity index is 1400. The number of nitrogens with one attached hydrogen (secondary N) is 1. The van der Waals surface area contributed by atoms with Crippen LogP contribution in [0, 0.1) is 13.8 Å². The fraction of sp³-hybridized carbons (Fsp3) is 0.400. The minimum atomic E-state index is -4.27. The molecule has 0 unspecified atom stereocenters. The Morgan fingerprint density at radius 1 is 1.05 bits per heavy atom. The lowest BCUT2D eigenvalue weighted by Crippen LogP contribution is -2.33. The zero-order valence-corrected chi connectivity index (χ0v) is 21.9. The predicted molar refractivity (Wildman–Crippen MR) is 134 cm³/mol. The lowest BCUT2D eigenvalue weighted by atomic mass is 9.86. The molecule has 0 saturated heterocycles. The van der Waals surface area contributed by atoms with Crippen LogP contribution in [-0.4, -0.2) is 49.0 Å². The molecule has 0 aliphatic heterocycles. The van der Waals surface area contributed by atoms with E-state index in [4.69, 9.17) is 16.3 Å². The van der Waals surface area contributed by atoms with Gasteiger partial charge < -0.3 is 24.3 Å². The summed E-state index contributed by atoms with van der Waals surface area (Å²) in [5, 5.41) is 15.9. The molecule has 37 heavy (non-hydrogen) atoms. The number of rotatable bonds is 8. The van der Waals surface area contributed by atoms with Gasteiger partial charge in [0.2, 0.25) is 5.88 Å². The molecule has 198 valence electrons. The third kappa shape index (κ3) is 4.90. The first-order valence-corrected chi connectivity index (χ1v) is 11.9. The number of aliphatic hydroxyl groups is 1. The Morgan fingerprint density at radius 2 is 1.65 bits per heavy atom. The number of nitrogens with zero attached hydrogens (tertiary/aromatic N) is 5. The molecule has 0 aliphatic rings. The zero-order chi connectivity index (χ0) is 27.1. The van der Waals surface area contributed by atoms with Crippen molar-refractivity contribution in [1.29, 1.82) is 0 Å². The van der Waals surface area contributed by atoms with Gasteiger partial charge in [-0.1, -0.05) is 17.7 Å². The van der Waals surface area contributed by atoms with Crippen molar-refractivity contribution in [3.05, 3.63) is 69.8 Å². The van der Waals surface area contributed by atoms with Crippen LogP contribution in [0.1, 0.15) is 40.6 Å². The summed E-state index contributed by atoms with van der Waals surface area (Å²) in [4.78, 5) is 13.3. The number of fused-ring (bicyclic) bond motifs is 1. The van der Waals surface area contributed by atoms with Crippen molar-refractivity contribution < 1.29 is 23.0 Å². The number of methoxy groups -OCH3 is 1. The number of benzene rings is 1. The molecule has 0 radical (unpaired) electrons. The fourth-order valence-electron chi connectivity index (χ4n) is 4.34. The molecule has 0 spiro atoms. The normalized spacial score (nSPS) is 12.5. The van der Waals surface area contributed by atoms with Gasteiger partial charge in [-0.05, 0) is 31.5 Å². The topological polar surface area (TPSA) is 90.0 Å². The van der Waals surface area contributed by atoms with Crippen molar-refractivity contribution in [3.63, 3.8) is 0 Å². The number of pyridine rings is 1. The standard InChI is InChI=1S/C25H28ClF3N6O2/c1-14-31-12-20(34(14)3)25(36,21-13-32-15(2)35(21)4)16-6-7-19-17(10-16)22(26)18(23(33-19)37-5)11-30-9-8-24(27,28)29/h6-7,10,12-13,30,36H,8-9,11H2,1-5H3. The minimum absolute atomic E-state index is 0.0252. The van der Waals surface area contributed by atoms with E-state index < -0.39 is 18.2 Å². The van der Waals surface area contributed by atoms with Gasteiger partial charge in [0, 0.05) is 38.1 Å². The number of hydrogen-bond acceptors (Lipinski definition) is 6. The second-order valence-corrected chi connectivity index (χ2v) is 9.28. The highest BCUT2D eigenvalue weighted by molar-refractivity contribution is 6.36. The highest BCUT2D eigenvalue weighted by Gasteiger charge is 2.40. The number of imidazole rings is 2. The van der Waals surface area contributed by atoms with Crippen LogP contribution in [0.4, 0.5) is 13.2 Å². The molecule has 4 rings (SSSR count). The van der Waals surface area contributed by atoms with E-state index in [-0.39, 0.29) is 24.0 Å². The highest BCUT2D eigenvalue weighted by atomic mass is 35.5. The molecule has 0 atom stereocenters. The molecule has 1 aromatic carbocycles. The number of alkyl halides is 3. The van der Waals surface area contributed by atoms with Crippen LogP contribution in [0.15, 0.2) is 30.6 Å². The SMILES string of the molecule is COc1nc2ccc(C(O)(c3cnc(C)n3C)c3cnc(C)n3C)cc2c(Cl)c1CNCCC(F)(F)F. The maximum atomic E-state index is 12.6. The lowest BCUT2D eigenvalue weighted by molar-refractivity contribution is -0.133. The number of aryl methyl sites for hydroxylation is 2. The monoisotopic (exact) mass is 536 g/mol. The predicted octanol–water partition coefficient (Wildman–Crippen LogP) is 4.31. The van der Waals surface area contributed by atoms with Crippen LogP contribution in [0.5, 0.6) is 5.88 Å². The van der Waals surface area contributed by atoms with Crippen molar-refractivity contribution in [2.75, 3.05) is 13.7 Å². The molecule has 0 aliphatic carbocycles. The molecular formula is C25H28ClF3N6O2. The summed E-state index contributed by atoms with van der Waals surface area (Å²) in [7, 11) is 5.06. The van der Waals surface area contributed by atoms with Crippen molar-refractivity contribution in [1.82, 2.24) is 29.4 Å². The van der Waals surface area contributed by atoms with Crippen LogP contribution >= 0.6 is 11.6 Å². The summed E-state index contributed by atoms with van der Waals surface area (Å²) in [6.45, 7) is 3.42. The van der Waals surface area contributed by atoms with Crippen molar-refractivity contribution >= 4 is 22.5 Å². The van der Waals surface area contributed by atoms with Gasteiger partial charge in [0.1, 0.15) is 11.6 Å². The average molecular weight is 537 g/mol. The first-order valence-electron chi connectivity index (χ1n) is 11.5. The average Bonchev–Trinajstić information content (AvgIpc) is 3.37. The number of ether oxygens (including phenoxy) is 1. The molecule has 0 saturated carbocycles. The highest BCUT2D eigenvalue weighted by Crippen LogP contribution is 2.40. The molecular weight excluding hydrogens is 509 g/mol.